The molecule has 0 saturated carbocycles. The number of hydrogen-bond donors (Lipinski definition) is 2. The summed E-state index contributed by atoms with van der Waals surface area (Å²) in [6, 6.07) is 2.02. The maximum atomic E-state index is 5.67. The third kappa shape index (κ3) is 2.08. The van der Waals surface area contributed by atoms with Crippen LogP contribution >= 0.6 is 11.3 Å². The Kier molecular flexibility index (Phi) is 2.58. The molecule has 2 aromatic heterocycles. The average Bonchev–Trinajstić information content (AvgIpc) is 2.66. The summed E-state index contributed by atoms with van der Waals surface area (Å²) in [5.41, 5.74) is 5.52. The van der Waals surface area contributed by atoms with Crippen LogP contribution < -0.4 is 11.1 Å². The van der Waals surface area contributed by atoms with Crippen molar-refractivity contribution >= 4 is 27.4 Å². The van der Waals surface area contributed by atoms with Gasteiger partial charge in [0.1, 0.15) is 17.0 Å². The summed E-state index contributed by atoms with van der Waals surface area (Å²) in [6.45, 7) is 4.66. The highest BCUT2D eigenvalue weighted by atomic mass is 32.1. The van der Waals surface area contributed by atoms with E-state index in [0.29, 0.717) is 6.54 Å². The van der Waals surface area contributed by atoms with Crippen LogP contribution in [0.15, 0.2) is 17.8 Å². The van der Waals surface area contributed by atoms with E-state index in [-0.39, 0.29) is 5.54 Å². The van der Waals surface area contributed by atoms with E-state index in [1.165, 1.54) is 0 Å². The van der Waals surface area contributed by atoms with E-state index in [4.69, 9.17) is 5.73 Å². The minimum Gasteiger partial charge on any atom is -0.363 e. The van der Waals surface area contributed by atoms with Gasteiger partial charge in [-0.3, -0.25) is 0 Å². The monoisotopic (exact) mass is 222 g/mol. The van der Waals surface area contributed by atoms with Crippen LogP contribution in [-0.4, -0.2) is 22.1 Å². The smallest absolute Gasteiger partial charge is 0.138 e. The van der Waals surface area contributed by atoms with Crippen molar-refractivity contribution in [1.29, 1.82) is 0 Å². The van der Waals surface area contributed by atoms with E-state index in [1.807, 2.05) is 25.3 Å². The van der Waals surface area contributed by atoms with Crippen molar-refractivity contribution in [2.75, 3.05) is 11.9 Å². The molecule has 0 aromatic carbocycles. The van der Waals surface area contributed by atoms with E-state index >= 15 is 0 Å². The molecule has 0 aliphatic rings. The van der Waals surface area contributed by atoms with Gasteiger partial charge >= 0.3 is 0 Å². The molecule has 0 fully saturated rings. The second-order valence-corrected chi connectivity index (χ2v) is 4.97. The maximum absolute atomic E-state index is 5.67. The predicted molar refractivity (Wildman–Crippen MR) is 64.2 cm³/mol. The Morgan fingerprint density at radius 1 is 1.47 bits per heavy atom. The van der Waals surface area contributed by atoms with Crippen molar-refractivity contribution in [3.05, 3.63) is 17.8 Å². The summed E-state index contributed by atoms with van der Waals surface area (Å²) in [6.07, 6.45) is 1.58. The normalized spacial score (nSPS) is 11.9. The van der Waals surface area contributed by atoms with Crippen LogP contribution in [0.1, 0.15) is 13.8 Å². The fourth-order valence-corrected chi connectivity index (χ4v) is 1.99. The van der Waals surface area contributed by atoms with Gasteiger partial charge in [0.25, 0.3) is 0 Å². The first-order chi connectivity index (χ1) is 7.12. The standard InChI is InChI=1S/C10H14N4S/c1-10(2,5-11)14-8-7-3-4-15-9(7)13-6-12-8/h3-4,6H,5,11H2,1-2H3,(H,12,13,14). The van der Waals surface area contributed by atoms with Crippen LogP contribution in [0.2, 0.25) is 0 Å². The molecule has 0 bridgehead atoms. The van der Waals surface area contributed by atoms with E-state index in [2.05, 4.69) is 15.3 Å². The molecule has 0 radical (unpaired) electrons. The number of rotatable bonds is 3. The van der Waals surface area contributed by atoms with Gasteiger partial charge in [0, 0.05) is 12.1 Å². The van der Waals surface area contributed by atoms with E-state index in [0.717, 1.165) is 16.0 Å². The van der Waals surface area contributed by atoms with Crippen molar-refractivity contribution < 1.29 is 0 Å². The summed E-state index contributed by atoms with van der Waals surface area (Å²) in [5, 5.41) is 6.40. The minimum absolute atomic E-state index is 0.150. The number of thiophene rings is 1. The largest absolute Gasteiger partial charge is 0.363 e. The molecule has 3 N–H and O–H groups in total. The van der Waals surface area contributed by atoms with Crippen molar-refractivity contribution in [3.63, 3.8) is 0 Å². The van der Waals surface area contributed by atoms with Gasteiger partial charge in [0.2, 0.25) is 0 Å². The molecule has 0 unspecified atom stereocenters. The molecule has 0 spiro atoms. The Labute approximate surface area is 92.5 Å². The molecule has 15 heavy (non-hydrogen) atoms. The number of nitrogens with one attached hydrogen (secondary N) is 1. The molecule has 0 saturated heterocycles. The fraction of sp³-hybridized carbons (Fsp3) is 0.400. The van der Waals surface area contributed by atoms with Crippen LogP contribution in [0.5, 0.6) is 0 Å². The minimum atomic E-state index is -0.150. The van der Waals surface area contributed by atoms with Gasteiger partial charge in [-0.2, -0.15) is 0 Å². The molecule has 80 valence electrons. The van der Waals surface area contributed by atoms with Crippen LogP contribution in [-0.2, 0) is 0 Å². The lowest BCUT2D eigenvalue weighted by Gasteiger charge is -2.25. The highest BCUT2D eigenvalue weighted by molar-refractivity contribution is 7.16. The van der Waals surface area contributed by atoms with Crippen LogP contribution in [0.3, 0.4) is 0 Å². The van der Waals surface area contributed by atoms with Crippen molar-refractivity contribution in [3.8, 4) is 0 Å². The number of aromatic nitrogens is 2. The number of nitrogens with two attached hydrogens (primary N) is 1. The third-order valence-corrected chi connectivity index (χ3v) is 3.05. The zero-order chi connectivity index (χ0) is 10.9. The number of fused-ring (bicyclic) bond motifs is 1. The molecular weight excluding hydrogens is 208 g/mol. The number of hydrogen-bond acceptors (Lipinski definition) is 5. The SMILES string of the molecule is CC(C)(CN)Nc1ncnc2sccc12. The predicted octanol–water partition coefficient (Wildman–Crippen LogP) is 1.84. The highest BCUT2D eigenvalue weighted by Crippen LogP contribution is 2.25. The van der Waals surface area contributed by atoms with Crippen LogP contribution in [0.4, 0.5) is 5.82 Å². The zero-order valence-electron chi connectivity index (χ0n) is 8.82. The molecule has 5 heteroatoms. The second kappa shape index (κ2) is 3.75. The van der Waals surface area contributed by atoms with Gasteiger partial charge in [-0.05, 0) is 25.3 Å². The van der Waals surface area contributed by atoms with Gasteiger partial charge in [-0.1, -0.05) is 0 Å². The Morgan fingerprint density at radius 2 is 2.27 bits per heavy atom. The molecule has 4 nitrogen and oxygen atoms in total. The Morgan fingerprint density at radius 3 is 3.00 bits per heavy atom. The van der Waals surface area contributed by atoms with Gasteiger partial charge in [-0.25, -0.2) is 9.97 Å². The molecular formula is C10H14N4S. The fourth-order valence-electron chi connectivity index (χ4n) is 1.26. The first-order valence-electron chi connectivity index (χ1n) is 4.79. The van der Waals surface area contributed by atoms with E-state index in [1.54, 1.807) is 17.7 Å². The van der Waals surface area contributed by atoms with Gasteiger partial charge in [-0.15, -0.1) is 11.3 Å². The van der Waals surface area contributed by atoms with Gasteiger partial charge < -0.3 is 11.1 Å². The summed E-state index contributed by atoms with van der Waals surface area (Å²) >= 11 is 1.61. The summed E-state index contributed by atoms with van der Waals surface area (Å²) in [4.78, 5) is 9.44. The lowest BCUT2D eigenvalue weighted by Crippen LogP contribution is -2.39. The van der Waals surface area contributed by atoms with E-state index < -0.39 is 0 Å². The zero-order valence-corrected chi connectivity index (χ0v) is 9.64. The Hall–Kier alpha value is -1.20. The van der Waals surface area contributed by atoms with Gasteiger partial charge in [0.15, 0.2) is 0 Å². The lowest BCUT2D eigenvalue weighted by molar-refractivity contribution is 0.578. The lowest BCUT2D eigenvalue weighted by atomic mass is 10.1. The molecule has 2 heterocycles. The molecule has 0 aliphatic carbocycles. The second-order valence-electron chi connectivity index (χ2n) is 4.07. The third-order valence-electron chi connectivity index (χ3n) is 2.23. The van der Waals surface area contributed by atoms with Crippen LogP contribution in [0, 0.1) is 0 Å². The first-order valence-corrected chi connectivity index (χ1v) is 5.67. The Balaban J connectivity index is 2.39. The van der Waals surface area contributed by atoms with Crippen molar-refractivity contribution in [2.24, 2.45) is 5.73 Å². The van der Waals surface area contributed by atoms with Crippen LogP contribution in [0.25, 0.3) is 10.2 Å². The topological polar surface area (TPSA) is 63.8 Å². The number of anilines is 1. The quantitative estimate of drug-likeness (QED) is 0.831. The number of nitrogens with zero attached hydrogens (tertiary/aromatic N) is 2. The molecule has 2 aromatic rings. The maximum Gasteiger partial charge on any atom is 0.138 e. The van der Waals surface area contributed by atoms with Gasteiger partial charge in [0.05, 0.1) is 5.39 Å². The average molecular weight is 222 g/mol. The first kappa shape index (κ1) is 10.3. The van der Waals surface area contributed by atoms with E-state index in [9.17, 15) is 0 Å². The molecule has 0 aliphatic heterocycles. The molecule has 0 atom stereocenters. The highest BCUT2D eigenvalue weighted by Gasteiger charge is 2.17. The summed E-state index contributed by atoms with van der Waals surface area (Å²) in [5.74, 6) is 0.858. The van der Waals surface area contributed by atoms with Crippen molar-refractivity contribution in [2.45, 2.75) is 19.4 Å². The van der Waals surface area contributed by atoms with Crippen molar-refractivity contribution in [1.82, 2.24) is 9.97 Å². The molecule has 2 rings (SSSR count). The summed E-state index contributed by atoms with van der Waals surface area (Å²) < 4.78 is 0. The molecule has 0 amide bonds. The Bertz CT molecular complexity index is 463. The summed E-state index contributed by atoms with van der Waals surface area (Å²) in [7, 11) is 0.